The Balaban J connectivity index is 2.00. The van der Waals surface area contributed by atoms with Gasteiger partial charge >= 0.3 is 0 Å². The number of nitrogens with zero attached hydrogens (tertiary/aromatic N) is 1. The highest BCUT2D eigenvalue weighted by Crippen LogP contribution is 2.23. The second kappa shape index (κ2) is 6.61. The van der Waals surface area contributed by atoms with Crippen LogP contribution in [0, 0.1) is 0 Å². The van der Waals surface area contributed by atoms with E-state index in [9.17, 15) is 4.79 Å². The maximum atomic E-state index is 12.2. The van der Waals surface area contributed by atoms with Crippen LogP contribution in [-0.2, 0) is 5.41 Å². The van der Waals surface area contributed by atoms with Gasteiger partial charge in [0.25, 0.3) is 5.91 Å². The average Bonchev–Trinajstić information content (AvgIpc) is 2.90. The Morgan fingerprint density at radius 2 is 2.14 bits per heavy atom. The number of rotatable bonds is 4. The predicted molar refractivity (Wildman–Crippen MR) is 86.8 cm³/mol. The Bertz CT molecular complexity index is 558. The summed E-state index contributed by atoms with van der Waals surface area (Å²) in [5.41, 5.74) is 2.74. The van der Waals surface area contributed by atoms with E-state index in [-0.39, 0.29) is 11.3 Å². The first-order chi connectivity index (χ1) is 9.86. The quantitative estimate of drug-likeness (QED) is 0.667. The molecule has 1 aromatic rings. The number of allylic oxidation sites excluding steroid dienone is 1. The number of aromatic nitrogens is 1. The highest BCUT2D eigenvalue weighted by atomic mass is 35.5. The fourth-order valence-electron chi connectivity index (χ4n) is 2.42. The summed E-state index contributed by atoms with van der Waals surface area (Å²) in [5, 5.41) is 3.33. The van der Waals surface area contributed by atoms with Crippen molar-refractivity contribution >= 4 is 17.5 Å². The minimum absolute atomic E-state index is 0.0802. The molecule has 1 amide bonds. The van der Waals surface area contributed by atoms with Crippen molar-refractivity contribution in [3.05, 3.63) is 40.2 Å². The van der Waals surface area contributed by atoms with Crippen LogP contribution in [0.1, 0.15) is 62.5 Å². The summed E-state index contributed by atoms with van der Waals surface area (Å²) in [6.07, 6.45) is 6.82. The lowest BCUT2D eigenvalue weighted by molar-refractivity contribution is 0.0954. The van der Waals surface area contributed by atoms with Crippen molar-refractivity contribution in [2.75, 3.05) is 6.54 Å². The van der Waals surface area contributed by atoms with Crippen molar-refractivity contribution in [3.8, 4) is 0 Å². The van der Waals surface area contributed by atoms with Crippen LogP contribution < -0.4 is 5.32 Å². The molecule has 0 saturated heterocycles. The van der Waals surface area contributed by atoms with Crippen molar-refractivity contribution < 1.29 is 4.79 Å². The monoisotopic (exact) mass is 306 g/mol. The number of pyridine rings is 1. The molecule has 0 unspecified atom stereocenters. The van der Waals surface area contributed by atoms with E-state index in [1.807, 2.05) is 6.07 Å². The molecule has 0 fully saturated rings. The molecule has 114 valence electrons. The molecule has 1 aromatic heterocycles. The van der Waals surface area contributed by atoms with Crippen molar-refractivity contribution in [3.63, 3.8) is 0 Å². The summed E-state index contributed by atoms with van der Waals surface area (Å²) in [5.74, 6) is -0.0802. The molecular weight excluding hydrogens is 284 g/mol. The molecule has 0 radical (unpaired) electrons. The van der Waals surface area contributed by atoms with Crippen molar-refractivity contribution in [2.24, 2.45) is 0 Å². The van der Waals surface area contributed by atoms with Crippen molar-refractivity contribution in [2.45, 2.75) is 51.9 Å². The third-order valence-electron chi connectivity index (χ3n) is 3.69. The Hall–Kier alpha value is -1.35. The maximum Gasteiger partial charge on any atom is 0.251 e. The van der Waals surface area contributed by atoms with Crippen molar-refractivity contribution in [1.82, 2.24) is 10.3 Å². The highest BCUT2D eigenvalue weighted by Gasteiger charge is 2.19. The fraction of sp³-hybridized carbons (Fsp3) is 0.529. The topological polar surface area (TPSA) is 42.0 Å². The van der Waals surface area contributed by atoms with E-state index in [1.54, 1.807) is 6.07 Å². The zero-order valence-corrected chi connectivity index (χ0v) is 13.8. The van der Waals surface area contributed by atoms with Crippen LogP contribution >= 0.6 is 11.6 Å². The SMILES string of the molecule is CC(C)(C)c1cc(C(=O)NCCC2=CCCC2)cc(Cl)n1. The van der Waals surface area contributed by atoms with Crippen LogP contribution in [0.25, 0.3) is 0 Å². The van der Waals surface area contributed by atoms with E-state index in [0.717, 1.165) is 12.1 Å². The molecule has 0 aromatic carbocycles. The molecule has 1 aliphatic rings. The van der Waals surface area contributed by atoms with Crippen molar-refractivity contribution in [1.29, 1.82) is 0 Å². The Kier molecular flexibility index (Phi) is 5.04. The largest absolute Gasteiger partial charge is 0.352 e. The zero-order valence-electron chi connectivity index (χ0n) is 13.0. The van der Waals surface area contributed by atoms with E-state index in [4.69, 9.17) is 11.6 Å². The Morgan fingerprint density at radius 1 is 1.38 bits per heavy atom. The molecule has 0 atom stereocenters. The summed E-state index contributed by atoms with van der Waals surface area (Å²) in [6, 6.07) is 3.46. The first-order valence-electron chi connectivity index (χ1n) is 7.50. The standard InChI is InChI=1S/C17H23ClN2O/c1-17(2,3)14-10-13(11-15(18)20-14)16(21)19-9-8-12-6-4-5-7-12/h6,10-11H,4-5,7-9H2,1-3H3,(H,19,21). The summed E-state index contributed by atoms with van der Waals surface area (Å²) in [4.78, 5) is 16.5. The van der Waals surface area contributed by atoms with Gasteiger partial charge in [0.1, 0.15) is 5.15 Å². The molecule has 3 nitrogen and oxygen atoms in total. The van der Waals surface area contributed by atoms with E-state index in [1.165, 1.54) is 24.8 Å². The first-order valence-corrected chi connectivity index (χ1v) is 7.88. The molecule has 4 heteroatoms. The molecule has 2 rings (SSSR count). The van der Waals surface area contributed by atoms with Gasteiger partial charge in [0.15, 0.2) is 0 Å². The van der Waals surface area contributed by atoms with Gasteiger partial charge in [-0.2, -0.15) is 0 Å². The molecule has 0 aliphatic heterocycles. The number of hydrogen-bond acceptors (Lipinski definition) is 2. The van der Waals surface area contributed by atoms with E-state index >= 15 is 0 Å². The number of hydrogen-bond donors (Lipinski definition) is 1. The van der Waals surface area contributed by atoms with Gasteiger partial charge in [0.2, 0.25) is 0 Å². The van der Waals surface area contributed by atoms with Crippen LogP contribution in [0.5, 0.6) is 0 Å². The van der Waals surface area contributed by atoms with Crippen LogP contribution in [-0.4, -0.2) is 17.4 Å². The highest BCUT2D eigenvalue weighted by molar-refractivity contribution is 6.29. The normalized spacial score (nSPS) is 15.0. The number of nitrogens with one attached hydrogen (secondary N) is 1. The lowest BCUT2D eigenvalue weighted by Crippen LogP contribution is -2.25. The van der Waals surface area contributed by atoms with Crippen LogP contribution in [0.3, 0.4) is 0 Å². The smallest absolute Gasteiger partial charge is 0.251 e. The Morgan fingerprint density at radius 3 is 2.76 bits per heavy atom. The van der Waals surface area contributed by atoms with Gasteiger partial charge in [-0.05, 0) is 37.8 Å². The van der Waals surface area contributed by atoms with Crippen LogP contribution in [0.4, 0.5) is 0 Å². The lowest BCUT2D eigenvalue weighted by atomic mass is 9.91. The van der Waals surface area contributed by atoms with E-state index in [2.05, 4.69) is 37.1 Å². The lowest BCUT2D eigenvalue weighted by Gasteiger charge is -2.18. The minimum Gasteiger partial charge on any atom is -0.352 e. The molecule has 0 saturated carbocycles. The number of carbonyl (C=O) groups excluding carboxylic acids is 1. The fourth-order valence-corrected chi connectivity index (χ4v) is 2.62. The number of halogens is 1. The second-order valence-corrected chi connectivity index (χ2v) is 6.96. The summed E-state index contributed by atoms with van der Waals surface area (Å²) >= 11 is 6.04. The van der Waals surface area contributed by atoms with Gasteiger partial charge in [-0.15, -0.1) is 0 Å². The maximum absolute atomic E-state index is 12.2. The van der Waals surface area contributed by atoms with E-state index < -0.39 is 0 Å². The predicted octanol–water partition coefficient (Wildman–Crippen LogP) is 4.26. The van der Waals surface area contributed by atoms with Crippen LogP contribution in [0.15, 0.2) is 23.8 Å². The molecule has 21 heavy (non-hydrogen) atoms. The summed E-state index contributed by atoms with van der Waals surface area (Å²) in [7, 11) is 0. The molecule has 1 aliphatic carbocycles. The molecule has 0 spiro atoms. The second-order valence-electron chi connectivity index (χ2n) is 6.57. The molecule has 1 heterocycles. The first kappa shape index (κ1) is 16.0. The Labute approximate surface area is 131 Å². The zero-order chi connectivity index (χ0) is 15.5. The van der Waals surface area contributed by atoms with Gasteiger partial charge in [0.05, 0.1) is 0 Å². The van der Waals surface area contributed by atoms with E-state index in [0.29, 0.717) is 17.3 Å². The molecule has 0 bridgehead atoms. The van der Waals surface area contributed by atoms with Gasteiger partial charge in [-0.3, -0.25) is 4.79 Å². The van der Waals surface area contributed by atoms with Gasteiger partial charge < -0.3 is 5.32 Å². The third kappa shape index (κ3) is 4.57. The summed E-state index contributed by atoms with van der Waals surface area (Å²) < 4.78 is 0. The van der Waals surface area contributed by atoms with Crippen LogP contribution in [0.2, 0.25) is 5.15 Å². The average molecular weight is 307 g/mol. The number of carbonyl (C=O) groups is 1. The minimum atomic E-state index is -0.130. The number of amides is 1. The molecular formula is C17H23ClN2O. The third-order valence-corrected chi connectivity index (χ3v) is 3.89. The summed E-state index contributed by atoms with van der Waals surface area (Å²) in [6.45, 7) is 6.84. The molecule has 1 N–H and O–H groups in total. The van der Waals surface area contributed by atoms with Gasteiger partial charge in [-0.1, -0.05) is 44.0 Å². The van der Waals surface area contributed by atoms with Gasteiger partial charge in [0, 0.05) is 23.2 Å². The van der Waals surface area contributed by atoms with Gasteiger partial charge in [-0.25, -0.2) is 4.98 Å².